The minimum Gasteiger partial charge on any atom is -0.370 e. The summed E-state index contributed by atoms with van der Waals surface area (Å²) in [6, 6.07) is 16.7. The van der Waals surface area contributed by atoms with Gasteiger partial charge in [0.25, 0.3) is 0 Å². The number of halogens is 1. The fourth-order valence-electron chi connectivity index (χ4n) is 3.03. The molecule has 0 radical (unpaired) electrons. The van der Waals surface area contributed by atoms with E-state index in [1.807, 2.05) is 41.3 Å². The number of morpholine rings is 1. The summed E-state index contributed by atoms with van der Waals surface area (Å²) in [5.74, 6) is -0.0731. The highest BCUT2D eigenvalue weighted by Gasteiger charge is 2.24. The van der Waals surface area contributed by atoms with E-state index in [-0.39, 0.29) is 17.8 Å². The van der Waals surface area contributed by atoms with Crippen LogP contribution in [0.1, 0.15) is 30.1 Å². The van der Waals surface area contributed by atoms with Gasteiger partial charge in [-0.2, -0.15) is 0 Å². The molecule has 0 aliphatic carbocycles. The zero-order valence-electron chi connectivity index (χ0n) is 13.7. The fourth-order valence-corrected chi connectivity index (χ4v) is 3.03. The molecular formula is C20H22FNO2. The molecular weight excluding hydrogens is 305 g/mol. The second kappa shape index (κ2) is 8.06. The Morgan fingerprint density at radius 1 is 1.12 bits per heavy atom. The number of ether oxygens (including phenoxy) is 1. The molecule has 24 heavy (non-hydrogen) atoms. The Labute approximate surface area is 142 Å². The van der Waals surface area contributed by atoms with E-state index >= 15 is 0 Å². The number of nitrogens with zero attached hydrogens (tertiary/aromatic N) is 1. The van der Waals surface area contributed by atoms with Gasteiger partial charge in [0.2, 0.25) is 5.91 Å². The maximum Gasteiger partial charge on any atom is 0.222 e. The summed E-state index contributed by atoms with van der Waals surface area (Å²) in [5, 5.41) is 0. The number of amides is 1. The third kappa shape index (κ3) is 4.20. The van der Waals surface area contributed by atoms with Gasteiger partial charge in [-0.1, -0.05) is 48.5 Å². The van der Waals surface area contributed by atoms with E-state index in [0.717, 1.165) is 5.56 Å². The van der Waals surface area contributed by atoms with E-state index in [4.69, 9.17) is 4.74 Å². The molecule has 3 nitrogen and oxygen atoms in total. The van der Waals surface area contributed by atoms with Crippen molar-refractivity contribution in [3.05, 3.63) is 71.5 Å². The molecule has 0 saturated carbocycles. The topological polar surface area (TPSA) is 29.5 Å². The van der Waals surface area contributed by atoms with Gasteiger partial charge in [-0.15, -0.1) is 0 Å². The molecule has 1 amide bonds. The predicted octanol–water partition coefficient (Wildman–Crippen LogP) is 3.75. The second-order valence-electron chi connectivity index (χ2n) is 6.05. The fraction of sp³-hybridized carbons (Fsp3) is 0.350. The SMILES string of the molecule is O=C(CCCc1ccccc1F)N1CCOC(c2ccccc2)C1. The Morgan fingerprint density at radius 3 is 2.67 bits per heavy atom. The van der Waals surface area contributed by atoms with Crippen LogP contribution < -0.4 is 0 Å². The number of aryl methyl sites for hydroxylation is 1. The monoisotopic (exact) mass is 327 g/mol. The minimum absolute atomic E-state index is 0.0598. The first-order valence-electron chi connectivity index (χ1n) is 8.42. The summed E-state index contributed by atoms with van der Waals surface area (Å²) in [5.41, 5.74) is 1.77. The van der Waals surface area contributed by atoms with Gasteiger partial charge >= 0.3 is 0 Å². The lowest BCUT2D eigenvalue weighted by atomic mass is 10.1. The van der Waals surface area contributed by atoms with E-state index in [9.17, 15) is 9.18 Å². The lowest BCUT2D eigenvalue weighted by molar-refractivity contribution is -0.139. The molecule has 126 valence electrons. The number of carbonyl (C=O) groups excluding carboxylic acids is 1. The third-order valence-electron chi connectivity index (χ3n) is 4.39. The van der Waals surface area contributed by atoms with E-state index in [0.29, 0.717) is 44.5 Å². The zero-order valence-corrected chi connectivity index (χ0v) is 13.7. The Kier molecular flexibility index (Phi) is 5.59. The molecule has 4 heteroatoms. The Hall–Kier alpha value is -2.20. The minimum atomic E-state index is -0.194. The summed E-state index contributed by atoms with van der Waals surface area (Å²) in [6.45, 7) is 1.77. The predicted molar refractivity (Wildman–Crippen MR) is 91.1 cm³/mol. The van der Waals surface area contributed by atoms with Crippen LogP contribution in [0.25, 0.3) is 0 Å². The third-order valence-corrected chi connectivity index (χ3v) is 4.39. The maximum atomic E-state index is 13.6. The standard InChI is InChI=1S/C20H22FNO2/c21-18-11-5-4-7-16(18)10-6-12-20(23)22-13-14-24-19(15-22)17-8-2-1-3-9-17/h1-5,7-9,11,19H,6,10,12-15H2. The summed E-state index contributed by atoms with van der Waals surface area (Å²) >= 11 is 0. The van der Waals surface area contributed by atoms with Crippen molar-refractivity contribution in [1.29, 1.82) is 0 Å². The molecule has 1 unspecified atom stereocenters. The lowest BCUT2D eigenvalue weighted by Gasteiger charge is -2.33. The van der Waals surface area contributed by atoms with Crippen LogP contribution in [-0.4, -0.2) is 30.5 Å². The number of hydrogen-bond acceptors (Lipinski definition) is 2. The van der Waals surface area contributed by atoms with Gasteiger partial charge < -0.3 is 9.64 Å². The quantitative estimate of drug-likeness (QED) is 0.837. The van der Waals surface area contributed by atoms with Crippen LogP contribution in [0.15, 0.2) is 54.6 Å². The van der Waals surface area contributed by atoms with E-state index in [1.54, 1.807) is 12.1 Å². The van der Waals surface area contributed by atoms with Gasteiger partial charge in [0.1, 0.15) is 11.9 Å². The number of benzene rings is 2. The van der Waals surface area contributed by atoms with Crippen LogP contribution in [0.4, 0.5) is 4.39 Å². The highest BCUT2D eigenvalue weighted by Crippen LogP contribution is 2.22. The van der Waals surface area contributed by atoms with Crippen molar-refractivity contribution in [2.75, 3.05) is 19.7 Å². The van der Waals surface area contributed by atoms with Crippen molar-refractivity contribution in [1.82, 2.24) is 4.90 Å². The lowest BCUT2D eigenvalue weighted by Crippen LogP contribution is -2.42. The molecule has 3 rings (SSSR count). The van der Waals surface area contributed by atoms with Crippen LogP contribution in [-0.2, 0) is 16.0 Å². The molecule has 1 aliphatic heterocycles. The number of hydrogen-bond donors (Lipinski definition) is 0. The summed E-state index contributed by atoms with van der Waals surface area (Å²) in [7, 11) is 0. The van der Waals surface area contributed by atoms with E-state index < -0.39 is 0 Å². The van der Waals surface area contributed by atoms with E-state index in [1.165, 1.54) is 6.07 Å². The maximum absolute atomic E-state index is 13.6. The Bertz CT molecular complexity index is 674. The average Bonchev–Trinajstić information content (AvgIpc) is 2.64. The molecule has 2 aromatic rings. The van der Waals surface area contributed by atoms with Crippen molar-refractivity contribution < 1.29 is 13.9 Å². The number of carbonyl (C=O) groups is 1. The number of rotatable bonds is 5. The largest absolute Gasteiger partial charge is 0.370 e. The molecule has 0 N–H and O–H groups in total. The smallest absolute Gasteiger partial charge is 0.222 e. The van der Waals surface area contributed by atoms with Crippen molar-refractivity contribution in [2.45, 2.75) is 25.4 Å². The van der Waals surface area contributed by atoms with Gasteiger partial charge in [0, 0.05) is 13.0 Å². The molecule has 2 aromatic carbocycles. The van der Waals surface area contributed by atoms with Crippen molar-refractivity contribution in [3.63, 3.8) is 0 Å². The summed E-state index contributed by atoms with van der Waals surface area (Å²) < 4.78 is 19.4. The van der Waals surface area contributed by atoms with Crippen molar-refractivity contribution in [3.8, 4) is 0 Å². The molecule has 1 fully saturated rings. The summed E-state index contributed by atoms with van der Waals surface area (Å²) in [4.78, 5) is 14.3. The molecule has 1 atom stereocenters. The summed E-state index contributed by atoms with van der Waals surface area (Å²) in [6.07, 6.45) is 1.63. The molecule has 0 aromatic heterocycles. The van der Waals surface area contributed by atoms with E-state index in [2.05, 4.69) is 0 Å². The average molecular weight is 327 g/mol. The second-order valence-corrected chi connectivity index (χ2v) is 6.05. The van der Waals surface area contributed by atoms with Crippen LogP contribution in [0, 0.1) is 5.82 Å². The first kappa shape index (κ1) is 16.7. The Balaban J connectivity index is 1.50. The van der Waals surface area contributed by atoms with Gasteiger partial charge in [-0.05, 0) is 30.0 Å². The van der Waals surface area contributed by atoms with Crippen LogP contribution in [0.2, 0.25) is 0 Å². The van der Waals surface area contributed by atoms with Crippen molar-refractivity contribution in [2.24, 2.45) is 0 Å². The highest BCUT2D eigenvalue weighted by atomic mass is 19.1. The molecule has 0 spiro atoms. The molecule has 0 bridgehead atoms. The zero-order chi connectivity index (χ0) is 16.8. The highest BCUT2D eigenvalue weighted by molar-refractivity contribution is 5.76. The molecule has 1 aliphatic rings. The van der Waals surface area contributed by atoms with Gasteiger partial charge in [-0.3, -0.25) is 4.79 Å². The molecule has 1 heterocycles. The first-order chi connectivity index (χ1) is 11.7. The van der Waals surface area contributed by atoms with Crippen LogP contribution >= 0.6 is 0 Å². The van der Waals surface area contributed by atoms with Gasteiger partial charge in [0.15, 0.2) is 0 Å². The van der Waals surface area contributed by atoms with Crippen LogP contribution in [0.5, 0.6) is 0 Å². The molecule has 1 saturated heterocycles. The Morgan fingerprint density at radius 2 is 1.88 bits per heavy atom. The van der Waals surface area contributed by atoms with Crippen LogP contribution in [0.3, 0.4) is 0 Å². The van der Waals surface area contributed by atoms with Gasteiger partial charge in [-0.25, -0.2) is 4.39 Å². The first-order valence-corrected chi connectivity index (χ1v) is 8.42. The van der Waals surface area contributed by atoms with Gasteiger partial charge in [0.05, 0.1) is 13.2 Å². The van der Waals surface area contributed by atoms with Crippen molar-refractivity contribution >= 4 is 5.91 Å². The normalized spacial score (nSPS) is 17.7.